The average molecular weight is 244 g/mol. The highest BCUT2D eigenvalue weighted by molar-refractivity contribution is 7.99. The Labute approximate surface area is 91.8 Å². The quantitative estimate of drug-likeness (QED) is 0.625. The van der Waals surface area contributed by atoms with E-state index in [2.05, 4.69) is 15.2 Å². The van der Waals surface area contributed by atoms with Crippen molar-refractivity contribution in [2.75, 3.05) is 6.61 Å². The van der Waals surface area contributed by atoms with Crippen LogP contribution in [0.25, 0.3) is 0 Å². The Balaban J connectivity index is 2.32. The summed E-state index contributed by atoms with van der Waals surface area (Å²) in [4.78, 5) is 0. The van der Waals surface area contributed by atoms with Crippen LogP contribution in [0.1, 0.15) is 6.92 Å². The van der Waals surface area contributed by atoms with E-state index in [-0.39, 0.29) is 4.73 Å². The molecule has 1 aromatic heterocycles. The minimum atomic E-state index is -3.21. The summed E-state index contributed by atoms with van der Waals surface area (Å²) in [5, 5.41) is 6.67. The fraction of sp³-hybridized carbons (Fsp3) is 0.286. The van der Waals surface area contributed by atoms with E-state index >= 15 is 0 Å². The first-order valence-corrected chi connectivity index (χ1v) is 6.30. The Morgan fingerprint density at radius 1 is 1.73 bits per heavy atom. The van der Waals surface area contributed by atoms with Crippen LogP contribution in [0.5, 0.6) is 0 Å². The smallest absolute Gasteiger partial charge is 0.309 e. The Kier molecular flexibility index (Phi) is 2.68. The number of aromatic nitrogens is 2. The van der Waals surface area contributed by atoms with E-state index in [4.69, 9.17) is 16.7 Å². The van der Waals surface area contributed by atoms with Crippen molar-refractivity contribution in [3.63, 3.8) is 0 Å². The van der Waals surface area contributed by atoms with Crippen LogP contribution in [-0.2, 0) is 9.09 Å². The van der Waals surface area contributed by atoms with E-state index in [0.717, 1.165) is 0 Å². The molecule has 8 heteroatoms. The van der Waals surface area contributed by atoms with Crippen molar-refractivity contribution < 1.29 is 9.09 Å². The number of hydrogen-bond acceptors (Lipinski definition) is 4. The largest absolute Gasteiger partial charge is 0.374 e. The van der Waals surface area contributed by atoms with E-state index in [1.165, 1.54) is 4.68 Å². The predicted octanol–water partition coefficient (Wildman–Crippen LogP) is 1.20. The van der Waals surface area contributed by atoms with Gasteiger partial charge in [0.05, 0.1) is 6.61 Å². The van der Waals surface area contributed by atoms with Crippen LogP contribution in [0.4, 0.5) is 0 Å². The maximum absolute atomic E-state index is 12.0. The van der Waals surface area contributed by atoms with Gasteiger partial charge in [-0.05, 0) is 13.0 Å². The molecule has 1 atom stereocenters. The molecule has 0 bridgehead atoms. The summed E-state index contributed by atoms with van der Waals surface area (Å²) >= 11 is 4.92. The summed E-state index contributed by atoms with van der Waals surface area (Å²) in [6.45, 7) is 2.04. The summed E-state index contributed by atoms with van der Waals surface area (Å²) in [5.41, 5.74) is 0. The molecule has 1 aromatic rings. The summed E-state index contributed by atoms with van der Waals surface area (Å²) in [6, 6.07) is 1.73. The fourth-order valence-corrected chi connectivity index (χ4v) is 2.74. The van der Waals surface area contributed by atoms with E-state index in [1.54, 1.807) is 25.4 Å². The van der Waals surface area contributed by atoms with E-state index in [9.17, 15) is 4.57 Å². The number of thiocarbonyl (C=S) groups is 1. The van der Waals surface area contributed by atoms with Crippen LogP contribution in [0, 0.1) is 0 Å². The fourth-order valence-electron chi connectivity index (χ4n) is 1.12. The topological polar surface area (TPSA) is 68.5 Å². The van der Waals surface area contributed by atoms with Gasteiger partial charge in [-0.3, -0.25) is 4.57 Å². The van der Waals surface area contributed by atoms with Gasteiger partial charge in [0.1, 0.15) is 0 Å². The molecular weight excluding hydrogens is 235 g/mol. The zero-order valence-corrected chi connectivity index (χ0v) is 9.66. The molecule has 2 rings (SSSR count). The second-order valence-electron chi connectivity index (χ2n) is 2.74. The van der Waals surface area contributed by atoms with E-state index < -0.39 is 7.52 Å². The van der Waals surface area contributed by atoms with E-state index in [0.29, 0.717) is 12.6 Å². The Bertz CT molecular complexity index is 456. The third-order valence-electron chi connectivity index (χ3n) is 1.73. The van der Waals surface area contributed by atoms with Crippen molar-refractivity contribution in [3.05, 3.63) is 18.5 Å². The molecule has 0 fully saturated rings. The van der Waals surface area contributed by atoms with Crippen LogP contribution in [-0.4, -0.2) is 27.1 Å². The summed E-state index contributed by atoms with van der Waals surface area (Å²) in [7, 11) is -3.21. The first-order chi connectivity index (χ1) is 7.15. The van der Waals surface area contributed by atoms with Gasteiger partial charge >= 0.3 is 7.52 Å². The summed E-state index contributed by atoms with van der Waals surface area (Å²) in [6.07, 6.45) is 3.27. The molecule has 0 radical (unpaired) electrons. The number of rotatable bonds is 2. The second-order valence-corrected chi connectivity index (χ2v) is 5.40. The minimum absolute atomic E-state index is 0.120. The lowest BCUT2D eigenvalue weighted by Crippen LogP contribution is -2.28. The van der Waals surface area contributed by atoms with Gasteiger partial charge in [-0.25, -0.2) is 4.68 Å². The van der Waals surface area contributed by atoms with Crippen LogP contribution in [0.15, 0.2) is 23.2 Å². The molecule has 1 unspecified atom stereocenters. The highest BCUT2D eigenvalue weighted by atomic mass is 32.1. The van der Waals surface area contributed by atoms with Crippen molar-refractivity contribution in [2.24, 2.45) is 4.76 Å². The first-order valence-electron chi connectivity index (χ1n) is 4.32. The molecule has 1 aliphatic heterocycles. The molecule has 0 amide bonds. The van der Waals surface area contributed by atoms with Crippen LogP contribution < -0.4 is 5.32 Å². The molecule has 2 heterocycles. The van der Waals surface area contributed by atoms with Gasteiger partial charge in [-0.1, -0.05) is 12.2 Å². The normalized spacial score (nSPS) is 25.1. The average Bonchev–Trinajstić information content (AvgIpc) is 2.76. The minimum Gasteiger partial charge on any atom is -0.309 e. The van der Waals surface area contributed by atoms with Gasteiger partial charge in [0.15, 0.2) is 4.73 Å². The molecule has 6 nitrogen and oxygen atoms in total. The van der Waals surface area contributed by atoms with Crippen molar-refractivity contribution in [1.82, 2.24) is 15.1 Å². The van der Waals surface area contributed by atoms with Crippen LogP contribution in [0.3, 0.4) is 0 Å². The first kappa shape index (κ1) is 10.5. The lowest BCUT2D eigenvalue weighted by Gasteiger charge is -2.04. The van der Waals surface area contributed by atoms with Gasteiger partial charge in [0.2, 0.25) is 5.96 Å². The molecule has 0 spiro atoms. The molecule has 80 valence electrons. The van der Waals surface area contributed by atoms with Gasteiger partial charge in [-0.2, -0.15) is 9.86 Å². The molecule has 1 N–H and O–H groups in total. The van der Waals surface area contributed by atoms with Crippen molar-refractivity contribution in [1.29, 1.82) is 0 Å². The second kappa shape index (κ2) is 3.84. The molecule has 0 saturated heterocycles. The van der Waals surface area contributed by atoms with Crippen molar-refractivity contribution >= 4 is 30.4 Å². The monoisotopic (exact) mass is 244 g/mol. The maximum atomic E-state index is 12.0. The Morgan fingerprint density at radius 2 is 2.53 bits per heavy atom. The highest BCUT2D eigenvalue weighted by Gasteiger charge is 2.36. The molecule has 0 aliphatic carbocycles. The third kappa shape index (κ3) is 1.86. The predicted molar refractivity (Wildman–Crippen MR) is 60.0 cm³/mol. The van der Waals surface area contributed by atoms with Crippen LogP contribution in [0.2, 0.25) is 0 Å². The Hall–Kier alpha value is -1.04. The molecular formula is C7H9N4O2PS. The zero-order chi connectivity index (χ0) is 10.9. The van der Waals surface area contributed by atoms with E-state index in [1.807, 2.05) is 0 Å². The zero-order valence-electron chi connectivity index (χ0n) is 7.95. The van der Waals surface area contributed by atoms with Crippen molar-refractivity contribution in [2.45, 2.75) is 6.92 Å². The molecule has 15 heavy (non-hydrogen) atoms. The number of nitrogens with zero attached hydrogens (tertiary/aromatic N) is 3. The van der Waals surface area contributed by atoms with Gasteiger partial charge in [0.25, 0.3) is 0 Å². The molecule has 0 aromatic carbocycles. The molecule has 0 saturated carbocycles. The SMILES string of the molecule is CCOP1(=O)N=C(n2cccn2)NC1=S. The summed E-state index contributed by atoms with van der Waals surface area (Å²) < 4.78 is 22.6. The maximum Gasteiger partial charge on any atom is 0.374 e. The van der Waals surface area contributed by atoms with Gasteiger partial charge in [0, 0.05) is 12.4 Å². The van der Waals surface area contributed by atoms with Crippen LogP contribution >= 0.6 is 19.7 Å². The van der Waals surface area contributed by atoms with Gasteiger partial charge < -0.3 is 9.84 Å². The number of nitrogens with one attached hydrogen (secondary N) is 1. The highest BCUT2D eigenvalue weighted by Crippen LogP contribution is 2.52. The lowest BCUT2D eigenvalue weighted by atomic mass is 10.7. The summed E-state index contributed by atoms with van der Waals surface area (Å²) in [5.74, 6) is 0.335. The van der Waals surface area contributed by atoms with Crippen molar-refractivity contribution in [3.8, 4) is 0 Å². The lowest BCUT2D eigenvalue weighted by molar-refractivity contribution is 0.344. The number of hydrogen-bond donors (Lipinski definition) is 1. The Morgan fingerprint density at radius 3 is 3.13 bits per heavy atom. The van der Waals surface area contributed by atoms with Gasteiger partial charge in [-0.15, -0.1) is 0 Å². The molecule has 1 aliphatic rings. The standard InChI is InChI=1S/C7H9N4O2PS/c1-2-13-14(12)7(15)9-6(10-14)11-5-3-4-8-11/h3-5H,2H2,1H3,(H,9,10,12,15). The third-order valence-corrected chi connectivity index (χ3v) is 4.21.